The predicted molar refractivity (Wildman–Crippen MR) is 57.9 cm³/mol. The lowest BCUT2D eigenvalue weighted by molar-refractivity contribution is -0.140. The molecule has 0 aliphatic rings. The molecular formula is C10H17NO6. The fourth-order valence-corrected chi connectivity index (χ4v) is 0.932. The molecular weight excluding hydrogens is 230 g/mol. The number of carbonyl (C=O) groups is 2. The molecule has 0 aliphatic heterocycles. The zero-order valence-electron chi connectivity index (χ0n) is 9.46. The lowest BCUT2D eigenvalue weighted by Crippen LogP contribution is -2.47. The van der Waals surface area contributed by atoms with Gasteiger partial charge in [-0.3, -0.25) is 9.59 Å². The Balaban J connectivity index is 4.23. The molecule has 98 valence electrons. The van der Waals surface area contributed by atoms with E-state index in [0.717, 1.165) is 0 Å². The van der Waals surface area contributed by atoms with Gasteiger partial charge in [0, 0.05) is 5.57 Å². The summed E-state index contributed by atoms with van der Waals surface area (Å²) in [5.74, 6) is -1.43. The zero-order valence-corrected chi connectivity index (χ0v) is 9.46. The van der Waals surface area contributed by atoms with E-state index in [9.17, 15) is 19.8 Å². The summed E-state index contributed by atoms with van der Waals surface area (Å²) in [7, 11) is 0. The van der Waals surface area contributed by atoms with Crippen LogP contribution in [-0.2, 0) is 9.59 Å². The van der Waals surface area contributed by atoms with Crippen LogP contribution in [0.1, 0.15) is 6.92 Å². The summed E-state index contributed by atoms with van der Waals surface area (Å²) in [4.78, 5) is 22.3. The first-order valence-corrected chi connectivity index (χ1v) is 4.92. The number of Topliss-reactive ketones (excluding diaryl/α,β-unsaturated/α-hetero) is 1. The monoisotopic (exact) mass is 247 g/mol. The summed E-state index contributed by atoms with van der Waals surface area (Å²) in [5.41, 5.74) is 0.197. The van der Waals surface area contributed by atoms with Gasteiger partial charge in [0.2, 0.25) is 5.91 Å². The zero-order chi connectivity index (χ0) is 13.6. The van der Waals surface area contributed by atoms with Crippen LogP contribution in [0.25, 0.3) is 0 Å². The number of carbonyl (C=O) groups excluding carboxylic acids is 2. The number of hydrogen-bond donors (Lipinski definition) is 5. The second-order valence-electron chi connectivity index (χ2n) is 3.61. The lowest BCUT2D eigenvalue weighted by Gasteiger charge is -2.20. The number of rotatable bonds is 7. The molecule has 0 spiro atoms. The number of ketones is 1. The first-order valence-electron chi connectivity index (χ1n) is 4.92. The summed E-state index contributed by atoms with van der Waals surface area (Å²) in [6.45, 7) is 3.51. The largest absolute Gasteiger partial charge is 0.394 e. The highest BCUT2D eigenvalue weighted by molar-refractivity contribution is 5.96. The molecule has 7 nitrogen and oxygen atoms in total. The van der Waals surface area contributed by atoms with Crippen LogP contribution in [0.2, 0.25) is 0 Å². The van der Waals surface area contributed by atoms with E-state index in [1.54, 1.807) is 0 Å². The van der Waals surface area contributed by atoms with Crippen molar-refractivity contribution < 1.29 is 30.0 Å². The molecule has 0 saturated heterocycles. The molecule has 0 bridgehead atoms. The molecule has 0 unspecified atom stereocenters. The molecule has 0 aromatic rings. The maximum Gasteiger partial charge on any atom is 0.246 e. The Labute approximate surface area is 98.4 Å². The number of amides is 1. The minimum Gasteiger partial charge on any atom is -0.394 e. The molecule has 0 aromatic carbocycles. The van der Waals surface area contributed by atoms with Crippen molar-refractivity contribution in [2.75, 3.05) is 13.2 Å². The van der Waals surface area contributed by atoms with Crippen molar-refractivity contribution in [1.29, 1.82) is 0 Å². The topological polar surface area (TPSA) is 127 Å². The molecule has 17 heavy (non-hydrogen) atoms. The molecule has 7 heteroatoms. The van der Waals surface area contributed by atoms with Gasteiger partial charge in [-0.15, -0.1) is 0 Å². The second-order valence-corrected chi connectivity index (χ2v) is 3.61. The van der Waals surface area contributed by atoms with Gasteiger partial charge >= 0.3 is 0 Å². The van der Waals surface area contributed by atoms with Crippen LogP contribution in [0.4, 0.5) is 0 Å². The van der Waals surface area contributed by atoms with Gasteiger partial charge < -0.3 is 25.7 Å². The third-order valence-corrected chi connectivity index (χ3v) is 2.05. The van der Waals surface area contributed by atoms with Crippen LogP contribution in [0.5, 0.6) is 0 Å². The summed E-state index contributed by atoms with van der Waals surface area (Å²) < 4.78 is 0. The summed E-state index contributed by atoms with van der Waals surface area (Å²) in [5, 5.41) is 38.2. The number of nitrogens with one attached hydrogen (secondary N) is 1. The van der Waals surface area contributed by atoms with Crippen molar-refractivity contribution in [3.63, 3.8) is 0 Å². The minimum absolute atomic E-state index is 0.197. The number of aliphatic hydroxyl groups excluding tert-OH is 4. The van der Waals surface area contributed by atoms with Gasteiger partial charge in [0.1, 0.15) is 18.3 Å². The van der Waals surface area contributed by atoms with E-state index < -0.39 is 43.2 Å². The van der Waals surface area contributed by atoms with Gasteiger partial charge in [0.05, 0.1) is 13.2 Å². The fourth-order valence-electron chi connectivity index (χ4n) is 0.932. The van der Waals surface area contributed by atoms with Crippen LogP contribution in [-0.4, -0.2) is 63.6 Å². The highest BCUT2D eigenvalue weighted by Gasteiger charge is 2.29. The summed E-state index contributed by atoms with van der Waals surface area (Å²) >= 11 is 0. The van der Waals surface area contributed by atoms with E-state index in [-0.39, 0.29) is 5.57 Å². The van der Waals surface area contributed by atoms with Crippen LogP contribution < -0.4 is 5.32 Å². The quantitative estimate of drug-likeness (QED) is 0.312. The fraction of sp³-hybridized carbons (Fsp3) is 0.600. The van der Waals surface area contributed by atoms with E-state index in [1.165, 1.54) is 6.92 Å². The Hall–Kier alpha value is -1.28. The van der Waals surface area contributed by atoms with E-state index in [0.29, 0.717) is 0 Å². The summed E-state index contributed by atoms with van der Waals surface area (Å²) in [6.07, 6.45) is -5.29. The predicted octanol–water partition coefficient (Wildman–Crippen LogP) is -2.68. The number of aliphatic hydroxyl groups is 4. The maximum absolute atomic E-state index is 11.3. The SMILES string of the molecule is C=C(C)C(=O)NCC(=O)[C@@H](O)[C@H](O)[C@@H](O)CO. The van der Waals surface area contributed by atoms with Crippen LogP contribution in [0.15, 0.2) is 12.2 Å². The van der Waals surface area contributed by atoms with Crippen molar-refractivity contribution in [3.05, 3.63) is 12.2 Å². The molecule has 0 rings (SSSR count). The van der Waals surface area contributed by atoms with Crippen molar-refractivity contribution in [3.8, 4) is 0 Å². The van der Waals surface area contributed by atoms with Gasteiger partial charge in [0.25, 0.3) is 0 Å². The van der Waals surface area contributed by atoms with Crippen LogP contribution in [0, 0.1) is 0 Å². The number of hydrogen-bond acceptors (Lipinski definition) is 6. The van der Waals surface area contributed by atoms with Crippen LogP contribution >= 0.6 is 0 Å². The first-order chi connectivity index (χ1) is 7.81. The minimum atomic E-state index is -1.87. The Morgan fingerprint density at radius 1 is 1.29 bits per heavy atom. The molecule has 0 fully saturated rings. The average molecular weight is 247 g/mol. The van der Waals surface area contributed by atoms with E-state index >= 15 is 0 Å². The smallest absolute Gasteiger partial charge is 0.246 e. The molecule has 0 aromatic heterocycles. The van der Waals surface area contributed by atoms with Gasteiger partial charge in [-0.05, 0) is 6.92 Å². The normalized spacial score (nSPS) is 15.8. The van der Waals surface area contributed by atoms with Crippen molar-refractivity contribution in [2.45, 2.75) is 25.2 Å². The van der Waals surface area contributed by atoms with Gasteiger partial charge in [-0.25, -0.2) is 0 Å². The molecule has 3 atom stereocenters. The highest BCUT2D eigenvalue weighted by Crippen LogP contribution is 2.01. The van der Waals surface area contributed by atoms with Gasteiger partial charge in [0.15, 0.2) is 5.78 Å². The molecule has 0 saturated carbocycles. The van der Waals surface area contributed by atoms with E-state index in [1.807, 2.05) is 0 Å². The molecule has 0 radical (unpaired) electrons. The first kappa shape index (κ1) is 15.7. The van der Waals surface area contributed by atoms with Crippen molar-refractivity contribution in [2.24, 2.45) is 0 Å². The summed E-state index contributed by atoms with van der Waals surface area (Å²) in [6, 6.07) is 0. The Bertz CT molecular complexity index is 303. The van der Waals surface area contributed by atoms with E-state index in [2.05, 4.69) is 11.9 Å². The molecule has 5 N–H and O–H groups in total. The maximum atomic E-state index is 11.3. The molecule has 1 amide bonds. The Kier molecular flexibility index (Phi) is 6.59. The average Bonchev–Trinajstić information content (AvgIpc) is 2.32. The van der Waals surface area contributed by atoms with Crippen molar-refractivity contribution >= 4 is 11.7 Å². The molecule has 0 aliphatic carbocycles. The van der Waals surface area contributed by atoms with Gasteiger partial charge in [-0.1, -0.05) is 6.58 Å². The van der Waals surface area contributed by atoms with Gasteiger partial charge in [-0.2, -0.15) is 0 Å². The van der Waals surface area contributed by atoms with Crippen molar-refractivity contribution in [1.82, 2.24) is 5.32 Å². The Morgan fingerprint density at radius 2 is 1.82 bits per heavy atom. The molecule has 0 heterocycles. The lowest BCUT2D eigenvalue weighted by atomic mass is 10.0. The van der Waals surface area contributed by atoms with E-state index in [4.69, 9.17) is 10.2 Å². The standard InChI is InChI=1S/C10H17NO6/c1-5(2)10(17)11-3-6(13)8(15)9(16)7(14)4-12/h7-9,12,14-16H,1,3-4H2,2H3,(H,11,17)/t7-,8+,9+/m0/s1. The third-order valence-electron chi connectivity index (χ3n) is 2.05. The second kappa shape index (κ2) is 7.13. The third kappa shape index (κ3) is 5.05. The highest BCUT2D eigenvalue weighted by atomic mass is 16.4. The Morgan fingerprint density at radius 3 is 2.24 bits per heavy atom. The van der Waals surface area contributed by atoms with Crippen LogP contribution in [0.3, 0.4) is 0 Å².